The summed E-state index contributed by atoms with van der Waals surface area (Å²) in [5.74, 6) is -0.178. The van der Waals surface area contributed by atoms with Gasteiger partial charge in [0.25, 0.3) is 5.91 Å². The highest BCUT2D eigenvalue weighted by molar-refractivity contribution is 7.99. The van der Waals surface area contributed by atoms with Crippen LogP contribution in [0.4, 0.5) is 0 Å². The van der Waals surface area contributed by atoms with Gasteiger partial charge in [-0.1, -0.05) is 35.0 Å². The van der Waals surface area contributed by atoms with Crippen molar-refractivity contribution in [2.75, 3.05) is 14.1 Å². The van der Waals surface area contributed by atoms with Crippen LogP contribution in [0.25, 0.3) is 5.65 Å². The molecule has 0 saturated carbocycles. The van der Waals surface area contributed by atoms with E-state index < -0.39 is 0 Å². The fraction of sp³-hybridized carbons (Fsp3) is 0.143. The van der Waals surface area contributed by atoms with Crippen molar-refractivity contribution in [2.45, 2.75) is 9.92 Å². The molecule has 0 aliphatic rings. The van der Waals surface area contributed by atoms with Gasteiger partial charge in [-0.25, -0.2) is 15.0 Å². The van der Waals surface area contributed by atoms with Crippen LogP contribution in [0.15, 0.2) is 40.8 Å². The average Bonchev–Trinajstić information content (AvgIpc) is 2.96. The van der Waals surface area contributed by atoms with Gasteiger partial charge in [0.05, 0.1) is 17.4 Å². The van der Waals surface area contributed by atoms with E-state index >= 15 is 0 Å². The molecule has 0 atom stereocenters. The number of hydrogen-bond donors (Lipinski definition) is 0. The first kappa shape index (κ1) is 16.0. The summed E-state index contributed by atoms with van der Waals surface area (Å²) in [4.78, 5) is 26.7. The first-order valence-corrected chi connectivity index (χ1v) is 8.07. The molecule has 0 bridgehead atoms. The monoisotopic (exact) mass is 367 g/mol. The highest BCUT2D eigenvalue weighted by Crippen LogP contribution is 2.34. The second kappa shape index (κ2) is 6.35. The maximum absolute atomic E-state index is 12.0. The zero-order valence-electron chi connectivity index (χ0n) is 12.2. The molecule has 3 heterocycles. The van der Waals surface area contributed by atoms with Crippen LogP contribution in [-0.4, -0.2) is 44.3 Å². The predicted molar refractivity (Wildman–Crippen MR) is 89.4 cm³/mol. The first-order chi connectivity index (χ1) is 11.0. The second-order valence-electron chi connectivity index (χ2n) is 4.83. The lowest BCUT2D eigenvalue weighted by atomic mass is 10.4. The highest BCUT2D eigenvalue weighted by atomic mass is 35.5. The Labute approximate surface area is 146 Å². The predicted octanol–water partition coefficient (Wildman–Crippen LogP) is 3.28. The van der Waals surface area contributed by atoms with E-state index in [9.17, 15) is 4.79 Å². The van der Waals surface area contributed by atoms with E-state index in [0.717, 1.165) is 4.90 Å². The second-order valence-corrected chi connectivity index (χ2v) is 6.66. The molecular weight excluding hydrogens is 357 g/mol. The summed E-state index contributed by atoms with van der Waals surface area (Å²) in [7, 11) is 3.35. The van der Waals surface area contributed by atoms with Crippen LogP contribution in [-0.2, 0) is 0 Å². The molecule has 0 radical (unpaired) electrons. The van der Waals surface area contributed by atoms with Gasteiger partial charge in [0, 0.05) is 31.4 Å². The van der Waals surface area contributed by atoms with E-state index in [1.165, 1.54) is 22.9 Å². The molecule has 23 heavy (non-hydrogen) atoms. The van der Waals surface area contributed by atoms with E-state index in [1.54, 1.807) is 37.1 Å². The van der Waals surface area contributed by atoms with Gasteiger partial charge in [0.15, 0.2) is 5.65 Å². The van der Waals surface area contributed by atoms with Crippen molar-refractivity contribution in [2.24, 2.45) is 0 Å². The number of fused-ring (bicyclic) bond motifs is 1. The zero-order chi connectivity index (χ0) is 16.6. The van der Waals surface area contributed by atoms with Crippen LogP contribution in [0.2, 0.25) is 10.2 Å². The molecule has 0 N–H and O–H groups in total. The Morgan fingerprint density at radius 1 is 1.26 bits per heavy atom. The van der Waals surface area contributed by atoms with Crippen LogP contribution in [0.5, 0.6) is 0 Å². The molecule has 6 nitrogen and oxygen atoms in total. The summed E-state index contributed by atoms with van der Waals surface area (Å²) in [6, 6.07) is 1.84. The van der Waals surface area contributed by atoms with Crippen LogP contribution in [0.3, 0.4) is 0 Å². The Morgan fingerprint density at radius 2 is 2.04 bits per heavy atom. The number of amides is 1. The third kappa shape index (κ3) is 3.26. The first-order valence-electron chi connectivity index (χ1n) is 6.50. The minimum absolute atomic E-state index is 0.178. The maximum Gasteiger partial charge on any atom is 0.273 e. The van der Waals surface area contributed by atoms with Crippen LogP contribution >= 0.6 is 35.0 Å². The Balaban J connectivity index is 1.98. The van der Waals surface area contributed by atoms with Gasteiger partial charge in [-0.05, 0) is 6.07 Å². The SMILES string of the molecule is CN(C)C(=O)c1cn2ccc(Sc3cnc(Cl)cn3)c(Cl)c2n1. The Bertz CT molecular complexity index is 879. The lowest BCUT2D eigenvalue weighted by Crippen LogP contribution is -2.21. The van der Waals surface area contributed by atoms with E-state index in [4.69, 9.17) is 23.2 Å². The lowest BCUT2D eigenvalue weighted by molar-refractivity contribution is 0.0822. The molecule has 3 rings (SSSR count). The maximum atomic E-state index is 12.0. The van der Waals surface area contributed by atoms with Crippen molar-refractivity contribution in [3.8, 4) is 0 Å². The molecule has 0 saturated heterocycles. The normalized spacial score (nSPS) is 11.0. The number of carbonyl (C=O) groups excluding carboxylic acids is 1. The number of imidazole rings is 1. The molecule has 0 aliphatic carbocycles. The van der Waals surface area contributed by atoms with E-state index in [-0.39, 0.29) is 5.91 Å². The molecule has 9 heteroatoms. The van der Waals surface area contributed by atoms with Crippen LogP contribution in [0.1, 0.15) is 10.5 Å². The number of carbonyl (C=O) groups is 1. The molecule has 1 amide bonds. The van der Waals surface area contributed by atoms with Gasteiger partial charge >= 0.3 is 0 Å². The zero-order valence-corrected chi connectivity index (χ0v) is 14.5. The third-order valence-electron chi connectivity index (χ3n) is 2.97. The van der Waals surface area contributed by atoms with Gasteiger partial charge in [-0.3, -0.25) is 4.79 Å². The smallest absolute Gasteiger partial charge is 0.273 e. The highest BCUT2D eigenvalue weighted by Gasteiger charge is 2.16. The van der Waals surface area contributed by atoms with Crippen molar-refractivity contribution in [3.05, 3.63) is 46.7 Å². The molecular formula is C14H11Cl2N5OS. The van der Waals surface area contributed by atoms with Gasteiger partial charge in [0.2, 0.25) is 0 Å². The third-order valence-corrected chi connectivity index (χ3v) is 4.63. The van der Waals surface area contributed by atoms with E-state index in [1.807, 2.05) is 6.07 Å². The van der Waals surface area contributed by atoms with E-state index in [2.05, 4.69) is 15.0 Å². The standard InChI is InChI=1S/C14H11Cl2N5OS/c1-20(2)14(22)8-7-21-4-3-9(12(16)13(21)19-8)23-11-6-17-10(15)5-18-11/h3-7H,1-2H3. The van der Waals surface area contributed by atoms with Crippen molar-refractivity contribution in [1.82, 2.24) is 24.3 Å². The Morgan fingerprint density at radius 3 is 2.70 bits per heavy atom. The minimum atomic E-state index is -0.178. The molecule has 3 aromatic rings. The quantitative estimate of drug-likeness (QED) is 0.710. The summed E-state index contributed by atoms with van der Waals surface area (Å²) >= 11 is 13.5. The lowest BCUT2D eigenvalue weighted by Gasteiger charge is -2.06. The summed E-state index contributed by atoms with van der Waals surface area (Å²) < 4.78 is 1.72. The molecule has 0 fully saturated rings. The molecule has 0 unspecified atom stereocenters. The summed E-state index contributed by atoms with van der Waals surface area (Å²) in [6.45, 7) is 0. The summed E-state index contributed by atoms with van der Waals surface area (Å²) in [5, 5.41) is 1.44. The van der Waals surface area contributed by atoms with Crippen molar-refractivity contribution >= 4 is 46.5 Å². The van der Waals surface area contributed by atoms with E-state index in [0.29, 0.717) is 26.5 Å². The number of halogens is 2. The van der Waals surface area contributed by atoms with Gasteiger partial charge in [0.1, 0.15) is 15.9 Å². The summed E-state index contributed by atoms with van der Waals surface area (Å²) in [5.41, 5.74) is 0.856. The number of nitrogens with zero attached hydrogens (tertiary/aromatic N) is 5. The Hall–Kier alpha value is -1.83. The minimum Gasteiger partial charge on any atom is -0.343 e. The van der Waals surface area contributed by atoms with Gasteiger partial charge < -0.3 is 9.30 Å². The van der Waals surface area contributed by atoms with Gasteiger partial charge in [-0.15, -0.1) is 0 Å². The van der Waals surface area contributed by atoms with Crippen LogP contribution < -0.4 is 0 Å². The molecule has 118 valence electrons. The molecule has 0 spiro atoms. The van der Waals surface area contributed by atoms with Crippen molar-refractivity contribution in [1.29, 1.82) is 0 Å². The molecule has 0 aromatic carbocycles. The summed E-state index contributed by atoms with van der Waals surface area (Å²) in [6.07, 6.45) is 6.49. The number of hydrogen-bond acceptors (Lipinski definition) is 5. The fourth-order valence-electron chi connectivity index (χ4n) is 1.88. The van der Waals surface area contributed by atoms with Gasteiger partial charge in [-0.2, -0.15) is 0 Å². The molecule has 0 aliphatic heterocycles. The Kier molecular flexibility index (Phi) is 4.43. The average molecular weight is 368 g/mol. The number of pyridine rings is 1. The largest absolute Gasteiger partial charge is 0.343 e. The fourth-order valence-corrected chi connectivity index (χ4v) is 3.04. The molecule has 3 aromatic heterocycles. The topological polar surface area (TPSA) is 63.4 Å². The van der Waals surface area contributed by atoms with Crippen molar-refractivity contribution in [3.63, 3.8) is 0 Å². The number of rotatable bonds is 3. The number of aromatic nitrogens is 4. The van der Waals surface area contributed by atoms with Crippen molar-refractivity contribution < 1.29 is 4.79 Å². The van der Waals surface area contributed by atoms with Crippen LogP contribution in [0, 0.1) is 0 Å².